The Labute approximate surface area is 91.2 Å². The zero-order chi connectivity index (χ0) is 12.0. The highest BCUT2D eigenvalue weighted by Crippen LogP contribution is 2.10. The molecule has 86 valence electrons. The Hall–Kier alpha value is -2.31. The molecule has 0 unspecified atom stereocenters. The maximum absolute atomic E-state index is 10.8. The van der Waals surface area contributed by atoms with Gasteiger partial charge in [-0.05, 0) is 12.1 Å². The summed E-state index contributed by atoms with van der Waals surface area (Å²) in [7, 11) is 0. The van der Waals surface area contributed by atoms with Gasteiger partial charge in [-0.3, -0.25) is 0 Å². The van der Waals surface area contributed by atoms with Crippen molar-refractivity contribution in [2.24, 2.45) is 5.73 Å². The molecule has 0 radical (unpaired) electrons. The number of amides is 1. The number of primary amides is 1. The lowest BCUT2D eigenvalue weighted by atomic mass is 10.2. The predicted molar refractivity (Wildman–Crippen MR) is 55.2 cm³/mol. The molecule has 7 heteroatoms. The molecule has 16 heavy (non-hydrogen) atoms. The fourth-order valence-electron chi connectivity index (χ4n) is 1.04. The van der Waals surface area contributed by atoms with E-state index in [2.05, 4.69) is 15.0 Å². The minimum absolute atomic E-state index is 0.0466. The molecule has 0 spiro atoms. The Bertz CT molecular complexity index is 394. The lowest BCUT2D eigenvalue weighted by Gasteiger charge is -2.07. The number of nitrogens with zero attached hydrogens (tertiary/aromatic N) is 1. The molecule has 0 fully saturated rings. The molecular formula is C9H11N3O4. The van der Waals surface area contributed by atoms with Gasteiger partial charge < -0.3 is 20.9 Å². The summed E-state index contributed by atoms with van der Waals surface area (Å²) in [5.74, 6) is -0.852. The average Bonchev–Trinajstić information content (AvgIpc) is 2.24. The number of ether oxygens (including phenoxy) is 1. The van der Waals surface area contributed by atoms with Crippen LogP contribution in [0.25, 0.3) is 0 Å². The van der Waals surface area contributed by atoms with Crippen LogP contribution >= 0.6 is 0 Å². The van der Waals surface area contributed by atoms with Gasteiger partial charge >= 0.3 is 12.1 Å². The Balaban J connectivity index is 2.53. The normalized spacial score (nSPS) is 9.50. The Morgan fingerprint density at radius 1 is 1.56 bits per heavy atom. The Morgan fingerprint density at radius 2 is 2.31 bits per heavy atom. The number of carbonyl (C=O) groups is 2. The molecule has 0 saturated heterocycles. The van der Waals surface area contributed by atoms with Gasteiger partial charge in [-0.25, -0.2) is 14.6 Å². The van der Waals surface area contributed by atoms with E-state index in [-0.39, 0.29) is 24.5 Å². The van der Waals surface area contributed by atoms with Crippen LogP contribution in [0.2, 0.25) is 0 Å². The van der Waals surface area contributed by atoms with Crippen LogP contribution in [0.4, 0.5) is 10.6 Å². The second-order valence-corrected chi connectivity index (χ2v) is 2.80. The first-order valence-corrected chi connectivity index (χ1v) is 4.45. The van der Waals surface area contributed by atoms with Crippen molar-refractivity contribution in [3.8, 4) is 0 Å². The lowest BCUT2D eigenvalue weighted by Crippen LogP contribution is -2.19. The molecule has 0 aliphatic heterocycles. The highest BCUT2D eigenvalue weighted by Gasteiger charge is 2.09. The van der Waals surface area contributed by atoms with Crippen molar-refractivity contribution < 1.29 is 19.4 Å². The number of carboxylic acid groups (broad SMARTS) is 1. The average molecular weight is 225 g/mol. The molecule has 1 rings (SSSR count). The van der Waals surface area contributed by atoms with E-state index < -0.39 is 12.1 Å². The first-order valence-electron chi connectivity index (χ1n) is 4.45. The molecule has 0 bridgehead atoms. The first-order chi connectivity index (χ1) is 7.61. The number of hydrogen-bond donors (Lipinski definition) is 3. The van der Waals surface area contributed by atoms with Crippen LogP contribution in [0.3, 0.4) is 0 Å². The van der Waals surface area contributed by atoms with Crippen molar-refractivity contribution in [1.29, 1.82) is 0 Å². The summed E-state index contributed by atoms with van der Waals surface area (Å²) >= 11 is 0. The van der Waals surface area contributed by atoms with Crippen molar-refractivity contribution in [2.75, 3.05) is 18.5 Å². The maximum Gasteiger partial charge on any atom is 0.404 e. The zero-order valence-electron chi connectivity index (χ0n) is 8.34. The highest BCUT2D eigenvalue weighted by atomic mass is 16.5. The fourth-order valence-corrected chi connectivity index (χ4v) is 1.04. The molecule has 1 heterocycles. The number of hydrogen-bond acceptors (Lipinski definition) is 5. The minimum atomic E-state index is -1.08. The molecule has 0 aliphatic carbocycles. The predicted octanol–water partition coefficient (Wildman–Crippen LogP) is 0.287. The van der Waals surface area contributed by atoms with Crippen molar-refractivity contribution in [2.45, 2.75) is 0 Å². The van der Waals surface area contributed by atoms with Gasteiger partial charge in [-0.1, -0.05) is 0 Å². The maximum atomic E-state index is 10.8. The number of carbonyl (C=O) groups excluding carboxylic acids is 1. The Kier molecular flexibility index (Phi) is 4.07. The van der Waals surface area contributed by atoms with E-state index in [0.29, 0.717) is 0 Å². The molecule has 7 nitrogen and oxygen atoms in total. The van der Waals surface area contributed by atoms with Gasteiger partial charge in [0.05, 0.1) is 6.54 Å². The third-order valence-electron chi connectivity index (χ3n) is 1.68. The molecule has 1 amide bonds. The summed E-state index contributed by atoms with van der Waals surface area (Å²) in [6.45, 7) is 0.283. The quantitative estimate of drug-likeness (QED) is 0.620. The Morgan fingerprint density at radius 3 is 2.94 bits per heavy atom. The smallest absolute Gasteiger partial charge is 0.404 e. The van der Waals surface area contributed by atoms with E-state index in [1.165, 1.54) is 18.3 Å². The van der Waals surface area contributed by atoms with Crippen LogP contribution in [-0.2, 0) is 4.74 Å². The number of aromatic nitrogens is 1. The molecule has 0 aromatic carbocycles. The molecule has 1 aromatic rings. The van der Waals surface area contributed by atoms with Gasteiger partial charge in [0.2, 0.25) is 0 Å². The third-order valence-corrected chi connectivity index (χ3v) is 1.68. The second-order valence-electron chi connectivity index (χ2n) is 2.80. The SMILES string of the molecule is NC(=O)OCCNc1ncccc1C(=O)O. The van der Waals surface area contributed by atoms with Gasteiger partial charge in [0.25, 0.3) is 0 Å². The number of nitrogens with one attached hydrogen (secondary N) is 1. The molecule has 1 aromatic heterocycles. The monoisotopic (exact) mass is 225 g/mol. The number of pyridine rings is 1. The van der Waals surface area contributed by atoms with Gasteiger partial charge in [-0.15, -0.1) is 0 Å². The zero-order valence-corrected chi connectivity index (χ0v) is 8.34. The summed E-state index contributed by atoms with van der Waals surface area (Å²) in [6, 6.07) is 2.95. The summed E-state index contributed by atoms with van der Waals surface area (Å²) in [5, 5.41) is 11.6. The second kappa shape index (κ2) is 5.54. The van der Waals surface area contributed by atoms with E-state index >= 15 is 0 Å². The summed E-state index contributed by atoms with van der Waals surface area (Å²) in [6.07, 6.45) is 0.588. The van der Waals surface area contributed by atoms with E-state index in [1.54, 1.807) is 0 Å². The lowest BCUT2D eigenvalue weighted by molar-refractivity contribution is 0.0697. The molecule has 0 saturated carbocycles. The van der Waals surface area contributed by atoms with E-state index in [4.69, 9.17) is 10.8 Å². The van der Waals surface area contributed by atoms with Gasteiger partial charge in [0, 0.05) is 6.20 Å². The third kappa shape index (κ3) is 3.45. The van der Waals surface area contributed by atoms with Gasteiger partial charge in [-0.2, -0.15) is 0 Å². The van der Waals surface area contributed by atoms with Crippen molar-refractivity contribution >= 4 is 17.9 Å². The first kappa shape index (κ1) is 11.8. The molecule has 0 atom stereocenters. The van der Waals surface area contributed by atoms with Crippen molar-refractivity contribution in [1.82, 2.24) is 4.98 Å². The topological polar surface area (TPSA) is 115 Å². The molecule has 4 N–H and O–H groups in total. The number of carboxylic acids is 1. The fraction of sp³-hybridized carbons (Fsp3) is 0.222. The van der Waals surface area contributed by atoms with E-state index in [9.17, 15) is 9.59 Å². The molecule has 0 aliphatic rings. The van der Waals surface area contributed by atoms with E-state index in [1.807, 2.05) is 0 Å². The van der Waals surface area contributed by atoms with Crippen LogP contribution in [0.1, 0.15) is 10.4 Å². The highest BCUT2D eigenvalue weighted by molar-refractivity contribution is 5.92. The summed E-state index contributed by atoms with van der Waals surface area (Å²) in [4.78, 5) is 24.9. The van der Waals surface area contributed by atoms with Crippen LogP contribution < -0.4 is 11.1 Å². The van der Waals surface area contributed by atoms with E-state index in [0.717, 1.165) is 0 Å². The summed E-state index contributed by atoms with van der Waals surface area (Å²) in [5.41, 5.74) is 4.81. The van der Waals surface area contributed by atoms with Crippen molar-refractivity contribution in [3.05, 3.63) is 23.9 Å². The van der Waals surface area contributed by atoms with Crippen molar-refractivity contribution in [3.63, 3.8) is 0 Å². The number of rotatable bonds is 5. The van der Waals surface area contributed by atoms with Crippen LogP contribution in [0, 0.1) is 0 Å². The van der Waals surface area contributed by atoms with Gasteiger partial charge in [0.1, 0.15) is 18.0 Å². The minimum Gasteiger partial charge on any atom is -0.478 e. The van der Waals surface area contributed by atoms with Crippen LogP contribution in [0.5, 0.6) is 0 Å². The molecular weight excluding hydrogens is 214 g/mol. The number of aromatic carboxylic acids is 1. The van der Waals surface area contributed by atoms with Crippen LogP contribution in [-0.4, -0.2) is 35.3 Å². The number of nitrogens with two attached hydrogens (primary N) is 1. The van der Waals surface area contributed by atoms with Gasteiger partial charge in [0.15, 0.2) is 0 Å². The standard InChI is InChI=1S/C9H11N3O4/c10-9(15)16-5-4-12-7-6(8(13)14)2-1-3-11-7/h1-3H,4-5H2,(H2,10,15)(H,11,12)(H,13,14). The van der Waals surface area contributed by atoms with Crippen LogP contribution in [0.15, 0.2) is 18.3 Å². The number of anilines is 1. The largest absolute Gasteiger partial charge is 0.478 e. The summed E-state index contributed by atoms with van der Waals surface area (Å²) < 4.78 is 4.47.